The van der Waals surface area contributed by atoms with Gasteiger partial charge in [0.25, 0.3) is 0 Å². The fourth-order valence-corrected chi connectivity index (χ4v) is 3.10. The van der Waals surface area contributed by atoms with E-state index in [4.69, 9.17) is 4.74 Å². The predicted molar refractivity (Wildman–Crippen MR) is 92.6 cm³/mol. The summed E-state index contributed by atoms with van der Waals surface area (Å²) < 4.78 is 7.32. The van der Waals surface area contributed by atoms with E-state index in [1.807, 2.05) is 51.2 Å². The molecule has 0 fully saturated rings. The summed E-state index contributed by atoms with van der Waals surface area (Å²) >= 11 is 1.71. The smallest absolute Gasteiger partial charge is 0.412 e. The molecule has 5 nitrogen and oxygen atoms in total. The summed E-state index contributed by atoms with van der Waals surface area (Å²) in [6, 6.07) is 7.72. The van der Waals surface area contributed by atoms with Crippen LogP contribution in [0.3, 0.4) is 0 Å². The van der Waals surface area contributed by atoms with Crippen molar-refractivity contribution in [2.24, 2.45) is 0 Å². The number of imidazole rings is 1. The van der Waals surface area contributed by atoms with Crippen LogP contribution in [0, 0.1) is 0 Å². The van der Waals surface area contributed by atoms with Gasteiger partial charge < -0.3 is 4.74 Å². The summed E-state index contributed by atoms with van der Waals surface area (Å²) in [6.45, 7) is 5.52. The summed E-state index contributed by atoms with van der Waals surface area (Å²) in [4.78, 5) is 16.1. The van der Waals surface area contributed by atoms with E-state index < -0.39 is 11.7 Å². The Hall–Kier alpha value is -2.21. The molecule has 3 rings (SSSR count). The number of fused-ring (bicyclic) bond motifs is 1. The van der Waals surface area contributed by atoms with Gasteiger partial charge in [-0.15, -0.1) is 0 Å². The van der Waals surface area contributed by atoms with E-state index >= 15 is 0 Å². The van der Waals surface area contributed by atoms with Crippen molar-refractivity contribution in [2.75, 3.05) is 11.1 Å². The highest BCUT2D eigenvalue weighted by Gasteiger charge is 2.17. The number of thioether (sulfide) groups is 1. The van der Waals surface area contributed by atoms with Gasteiger partial charge in [-0.25, -0.2) is 9.78 Å². The fraction of sp³-hybridized carbons (Fsp3) is 0.294. The van der Waals surface area contributed by atoms with Gasteiger partial charge in [-0.1, -0.05) is 23.9 Å². The van der Waals surface area contributed by atoms with E-state index in [1.165, 1.54) is 0 Å². The number of nitrogens with one attached hydrogen (secondary N) is 1. The molecule has 1 aromatic carbocycles. The van der Waals surface area contributed by atoms with Crippen LogP contribution in [0.25, 0.3) is 5.70 Å². The Labute approximate surface area is 139 Å². The Kier molecular flexibility index (Phi) is 4.17. The molecule has 0 saturated carbocycles. The number of aromatic nitrogens is 2. The molecule has 6 heteroatoms. The van der Waals surface area contributed by atoms with Crippen LogP contribution in [0.4, 0.5) is 10.5 Å². The molecule has 0 saturated heterocycles. The van der Waals surface area contributed by atoms with Gasteiger partial charge in [-0.05, 0) is 44.5 Å². The zero-order valence-electron chi connectivity index (χ0n) is 13.4. The minimum atomic E-state index is -0.508. The molecule has 1 N–H and O–H groups in total. The number of benzene rings is 1. The molecule has 0 atom stereocenters. The topological polar surface area (TPSA) is 56.1 Å². The minimum Gasteiger partial charge on any atom is -0.444 e. The predicted octanol–water partition coefficient (Wildman–Crippen LogP) is 4.23. The molecule has 0 radical (unpaired) electrons. The third kappa shape index (κ3) is 3.76. The number of carbonyl (C=O) groups is 1. The van der Waals surface area contributed by atoms with Gasteiger partial charge in [0.05, 0.1) is 5.70 Å². The quantitative estimate of drug-likeness (QED) is 0.896. The Balaban J connectivity index is 1.73. The molecule has 0 spiro atoms. The number of rotatable bonds is 2. The molecule has 23 heavy (non-hydrogen) atoms. The molecule has 120 valence electrons. The molecule has 1 aromatic heterocycles. The van der Waals surface area contributed by atoms with E-state index in [1.54, 1.807) is 18.0 Å². The van der Waals surface area contributed by atoms with Gasteiger partial charge in [-0.3, -0.25) is 9.88 Å². The molecule has 0 unspecified atom stereocenters. The normalized spacial score (nSPS) is 14.0. The van der Waals surface area contributed by atoms with E-state index in [-0.39, 0.29) is 0 Å². The number of anilines is 1. The molecule has 1 aliphatic heterocycles. The number of hydrogen-bond acceptors (Lipinski definition) is 4. The third-order valence-electron chi connectivity index (χ3n) is 3.18. The van der Waals surface area contributed by atoms with E-state index in [0.717, 1.165) is 22.2 Å². The lowest BCUT2D eigenvalue weighted by atomic mass is 10.1. The molecule has 1 amide bonds. The van der Waals surface area contributed by atoms with Gasteiger partial charge in [0.15, 0.2) is 5.16 Å². The first-order valence-corrected chi connectivity index (χ1v) is 8.38. The molecular weight excluding hydrogens is 310 g/mol. The number of carbonyl (C=O) groups excluding carboxylic acids is 1. The molecular formula is C17H19N3O2S. The maximum absolute atomic E-state index is 11.8. The van der Waals surface area contributed by atoms with Crippen molar-refractivity contribution in [2.45, 2.75) is 31.5 Å². The first-order valence-electron chi connectivity index (χ1n) is 7.39. The van der Waals surface area contributed by atoms with Crippen molar-refractivity contribution < 1.29 is 9.53 Å². The summed E-state index contributed by atoms with van der Waals surface area (Å²) in [5, 5.41) is 3.74. The average molecular weight is 329 g/mol. The van der Waals surface area contributed by atoms with Crippen molar-refractivity contribution in [3.63, 3.8) is 0 Å². The van der Waals surface area contributed by atoms with Crippen LogP contribution >= 0.6 is 11.8 Å². The van der Waals surface area contributed by atoms with Gasteiger partial charge in [0.1, 0.15) is 5.60 Å². The molecule has 0 bridgehead atoms. The largest absolute Gasteiger partial charge is 0.444 e. The van der Waals surface area contributed by atoms with Gasteiger partial charge in [0.2, 0.25) is 0 Å². The fourth-order valence-electron chi connectivity index (χ4n) is 2.28. The van der Waals surface area contributed by atoms with Gasteiger partial charge in [0, 0.05) is 23.8 Å². The van der Waals surface area contributed by atoms with Crippen LogP contribution in [0.5, 0.6) is 0 Å². The second kappa shape index (κ2) is 6.12. The summed E-state index contributed by atoms with van der Waals surface area (Å²) in [5.74, 6) is 0.907. The zero-order valence-corrected chi connectivity index (χ0v) is 14.2. The van der Waals surface area contributed by atoms with E-state index in [9.17, 15) is 4.79 Å². The Morgan fingerprint density at radius 3 is 2.74 bits per heavy atom. The zero-order chi connectivity index (χ0) is 16.4. The highest BCUT2D eigenvalue weighted by molar-refractivity contribution is 7.99. The van der Waals surface area contributed by atoms with Crippen molar-refractivity contribution in [3.05, 3.63) is 48.3 Å². The van der Waals surface area contributed by atoms with Crippen molar-refractivity contribution >= 4 is 29.2 Å². The highest BCUT2D eigenvalue weighted by atomic mass is 32.2. The van der Waals surface area contributed by atoms with Crippen LogP contribution < -0.4 is 5.32 Å². The Bertz CT molecular complexity index is 742. The van der Waals surface area contributed by atoms with Crippen molar-refractivity contribution in [1.29, 1.82) is 0 Å². The summed E-state index contributed by atoms with van der Waals surface area (Å²) in [5.41, 5.74) is 2.39. The van der Waals surface area contributed by atoms with Crippen LogP contribution in [-0.2, 0) is 4.74 Å². The molecule has 0 aliphatic carbocycles. The van der Waals surface area contributed by atoms with Crippen LogP contribution in [0.2, 0.25) is 0 Å². The molecule has 1 aliphatic rings. The number of amides is 1. The van der Waals surface area contributed by atoms with E-state index in [2.05, 4.69) is 20.9 Å². The van der Waals surface area contributed by atoms with Crippen molar-refractivity contribution in [3.8, 4) is 0 Å². The first kappa shape index (κ1) is 15.7. The number of hydrogen-bond donors (Lipinski definition) is 1. The number of nitrogens with zero attached hydrogens (tertiary/aromatic N) is 2. The standard InChI is InChI=1S/C17H19N3O2S/c1-17(2,3)22-16(21)19-13-6-4-12(5-7-13)14-8-11-23-15-18-9-10-20(14)15/h4-10H,11H2,1-3H3,(H,19,21). The van der Waals surface area contributed by atoms with Crippen LogP contribution in [-0.4, -0.2) is 27.0 Å². The third-order valence-corrected chi connectivity index (χ3v) is 4.08. The Morgan fingerprint density at radius 2 is 2.04 bits per heavy atom. The minimum absolute atomic E-state index is 0.449. The average Bonchev–Trinajstić information content (AvgIpc) is 2.94. The summed E-state index contributed by atoms with van der Waals surface area (Å²) in [6.07, 6.45) is 5.49. The summed E-state index contributed by atoms with van der Waals surface area (Å²) in [7, 11) is 0. The SMILES string of the molecule is CC(C)(C)OC(=O)Nc1ccc(C2=CCSc3nccn32)cc1. The number of ether oxygens (including phenoxy) is 1. The highest BCUT2D eigenvalue weighted by Crippen LogP contribution is 2.30. The lowest BCUT2D eigenvalue weighted by Gasteiger charge is -2.20. The second-order valence-corrected chi connectivity index (χ2v) is 7.17. The van der Waals surface area contributed by atoms with Crippen LogP contribution in [0.1, 0.15) is 26.3 Å². The molecule has 2 aromatic rings. The lowest BCUT2D eigenvalue weighted by molar-refractivity contribution is 0.0636. The Morgan fingerprint density at radius 1 is 1.30 bits per heavy atom. The molecule has 2 heterocycles. The first-order chi connectivity index (χ1) is 10.9. The van der Waals surface area contributed by atoms with Crippen molar-refractivity contribution in [1.82, 2.24) is 9.55 Å². The lowest BCUT2D eigenvalue weighted by Crippen LogP contribution is -2.27. The second-order valence-electron chi connectivity index (χ2n) is 6.18. The van der Waals surface area contributed by atoms with E-state index in [0.29, 0.717) is 5.69 Å². The maximum Gasteiger partial charge on any atom is 0.412 e. The van der Waals surface area contributed by atoms with Gasteiger partial charge >= 0.3 is 6.09 Å². The van der Waals surface area contributed by atoms with Crippen LogP contribution in [0.15, 0.2) is 47.9 Å². The monoisotopic (exact) mass is 329 g/mol. The van der Waals surface area contributed by atoms with Gasteiger partial charge in [-0.2, -0.15) is 0 Å². The maximum atomic E-state index is 11.8.